The van der Waals surface area contributed by atoms with E-state index in [4.69, 9.17) is 0 Å². The number of hydrogen-bond donors (Lipinski definition) is 0. The van der Waals surface area contributed by atoms with Crippen LogP contribution >= 0.6 is 0 Å². The van der Waals surface area contributed by atoms with E-state index in [0.717, 1.165) is 39.4 Å². The molecule has 0 radical (unpaired) electrons. The van der Waals surface area contributed by atoms with Gasteiger partial charge in [-0.3, -0.25) is 0 Å². The summed E-state index contributed by atoms with van der Waals surface area (Å²) in [5.74, 6) is 0. The lowest BCUT2D eigenvalue weighted by molar-refractivity contribution is 1.18. The van der Waals surface area contributed by atoms with Crippen LogP contribution in [0, 0.1) is 0 Å². The Kier molecular flexibility index (Phi) is 10.6. The average Bonchev–Trinajstić information content (AvgIpc) is 3.77. The maximum Gasteiger partial charge on any atom is 0.0547 e. The molecule has 0 aliphatic rings. The van der Waals surface area contributed by atoms with E-state index in [1.54, 1.807) is 0 Å². The Morgan fingerprint density at radius 2 is 0.750 bits per heavy atom. The molecule has 0 N–H and O–H groups in total. The largest absolute Gasteiger partial charge is 0.310 e. The van der Waals surface area contributed by atoms with Gasteiger partial charge in [0.2, 0.25) is 0 Å². The van der Waals surface area contributed by atoms with Gasteiger partial charge in [0.05, 0.1) is 16.7 Å². The highest BCUT2D eigenvalue weighted by molar-refractivity contribution is 6.16. The maximum atomic E-state index is 2.45. The molecule has 2 nitrogen and oxygen atoms in total. The number of para-hydroxylation sites is 3. The quantitative estimate of drug-likeness (QED) is 0.133. The van der Waals surface area contributed by atoms with Crippen molar-refractivity contribution < 1.29 is 0 Å². The number of hydrogen-bond acceptors (Lipinski definition) is 1. The Hall–Kier alpha value is -8.98. The molecule has 12 aromatic rings. The van der Waals surface area contributed by atoms with Crippen molar-refractivity contribution in [3.8, 4) is 72.4 Å². The van der Waals surface area contributed by atoms with Crippen LogP contribution in [0.3, 0.4) is 0 Å². The lowest BCUT2D eigenvalue weighted by Crippen LogP contribution is -2.11. The standard InChI is InChI=1S/C66H46N2/c1-5-22-47(23-6-1)48-42-44-53(45-43-48)67(54-31-19-28-51(46-54)57-37-21-41-64-66(57)61-35-16-18-40-63(61)68(64)52-29-11-4-12-30-52)62-39-17-15-33-58(62)60-38-20-36-56(50-26-9-3-10-27-50)65(60)59-34-14-13-32-55(59)49-24-7-2-8-25-49/h1-46H. The predicted molar refractivity (Wildman–Crippen MR) is 288 cm³/mol. The zero-order valence-corrected chi connectivity index (χ0v) is 37.5. The van der Waals surface area contributed by atoms with E-state index in [-0.39, 0.29) is 0 Å². The van der Waals surface area contributed by atoms with Crippen LogP contribution < -0.4 is 4.90 Å². The minimum Gasteiger partial charge on any atom is -0.310 e. The lowest BCUT2D eigenvalue weighted by atomic mass is 9.84. The van der Waals surface area contributed by atoms with Gasteiger partial charge in [-0.15, -0.1) is 0 Å². The van der Waals surface area contributed by atoms with E-state index >= 15 is 0 Å². The van der Waals surface area contributed by atoms with E-state index < -0.39 is 0 Å². The van der Waals surface area contributed by atoms with Gasteiger partial charge in [0.1, 0.15) is 0 Å². The average molecular weight is 867 g/mol. The summed E-state index contributed by atoms with van der Waals surface area (Å²) in [6.07, 6.45) is 0. The first kappa shape index (κ1) is 40.5. The van der Waals surface area contributed by atoms with Crippen LogP contribution in [0.25, 0.3) is 94.3 Å². The molecule has 12 rings (SSSR count). The molecular formula is C66H46N2. The predicted octanol–water partition coefficient (Wildman–Crippen LogP) is 18.3. The summed E-state index contributed by atoms with van der Waals surface area (Å²) < 4.78 is 2.39. The molecule has 0 amide bonds. The van der Waals surface area contributed by atoms with Gasteiger partial charge in [-0.25, -0.2) is 0 Å². The summed E-state index contributed by atoms with van der Waals surface area (Å²) in [5, 5.41) is 2.47. The number of nitrogens with zero attached hydrogens (tertiary/aromatic N) is 2. The third-order valence-electron chi connectivity index (χ3n) is 13.2. The fourth-order valence-electron chi connectivity index (χ4n) is 10.2. The van der Waals surface area contributed by atoms with Gasteiger partial charge in [-0.2, -0.15) is 0 Å². The molecule has 0 saturated carbocycles. The van der Waals surface area contributed by atoms with Crippen molar-refractivity contribution in [1.82, 2.24) is 4.57 Å². The SMILES string of the molecule is c1ccc(-c2ccc(N(c3cccc(-c4cccc5c4c4ccccc4n5-c4ccccc4)c3)c3ccccc3-c3cccc(-c4ccccc4)c3-c3ccccc3-c3ccccc3)cc2)cc1. The van der Waals surface area contributed by atoms with Crippen molar-refractivity contribution in [2.24, 2.45) is 0 Å². The summed E-state index contributed by atoms with van der Waals surface area (Å²) >= 11 is 0. The molecule has 0 aliphatic heterocycles. The maximum absolute atomic E-state index is 2.45. The first-order valence-electron chi connectivity index (χ1n) is 23.3. The third kappa shape index (κ3) is 7.35. The van der Waals surface area contributed by atoms with Crippen LogP contribution in [-0.4, -0.2) is 4.57 Å². The molecule has 0 fully saturated rings. The van der Waals surface area contributed by atoms with E-state index in [0.29, 0.717) is 0 Å². The summed E-state index contributed by atoms with van der Waals surface area (Å²) in [7, 11) is 0. The number of rotatable bonds is 10. The summed E-state index contributed by atoms with van der Waals surface area (Å²) in [6, 6.07) is 101. The number of benzene rings is 11. The smallest absolute Gasteiger partial charge is 0.0547 e. The van der Waals surface area contributed by atoms with Crippen LogP contribution in [0.2, 0.25) is 0 Å². The summed E-state index contributed by atoms with van der Waals surface area (Å²) in [4.78, 5) is 2.45. The van der Waals surface area contributed by atoms with Crippen molar-refractivity contribution in [3.63, 3.8) is 0 Å². The highest BCUT2D eigenvalue weighted by Crippen LogP contribution is 2.49. The third-order valence-corrected chi connectivity index (χ3v) is 13.2. The van der Waals surface area contributed by atoms with Gasteiger partial charge < -0.3 is 9.47 Å². The molecule has 320 valence electrons. The second kappa shape index (κ2) is 17.8. The fraction of sp³-hybridized carbons (Fsp3) is 0. The molecule has 11 aromatic carbocycles. The highest BCUT2D eigenvalue weighted by Gasteiger charge is 2.24. The second-order valence-electron chi connectivity index (χ2n) is 17.2. The van der Waals surface area contributed by atoms with Crippen LogP contribution in [0.1, 0.15) is 0 Å². The lowest BCUT2D eigenvalue weighted by Gasteiger charge is -2.29. The molecule has 0 atom stereocenters. The fourth-order valence-corrected chi connectivity index (χ4v) is 10.2. The Balaban J connectivity index is 1.09. The van der Waals surface area contributed by atoms with Crippen LogP contribution in [0.15, 0.2) is 279 Å². The van der Waals surface area contributed by atoms with Crippen molar-refractivity contribution >= 4 is 38.9 Å². The van der Waals surface area contributed by atoms with E-state index in [2.05, 4.69) is 289 Å². The van der Waals surface area contributed by atoms with Gasteiger partial charge in [0, 0.05) is 33.4 Å². The Morgan fingerprint density at radius 3 is 1.49 bits per heavy atom. The molecule has 0 saturated heterocycles. The number of fused-ring (bicyclic) bond motifs is 3. The second-order valence-corrected chi connectivity index (χ2v) is 17.2. The number of anilines is 3. The van der Waals surface area contributed by atoms with Gasteiger partial charge in [0.25, 0.3) is 0 Å². The Morgan fingerprint density at radius 1 is 0.265 bits per heavy atom. The molecule has 68 heavy (non-hydrogen) atoms. The molecular weight excluding hydrogens is 821 g/mol. The molecule has 0 spiro atoms. The molecule has 2 heteroatoms. The van der Waals surface area contributed by atoms with E-state index in [1.807, 2.05) is 0 Å². The van der Waals surface area contributed by atoms with Gasteiger partial charge in [-0.1, -0.05) is 224 Å². The zero-order valence-electron chi connectivity index (χ0n) is 37.5. The van der Waals surface area contributed by atoms with E-state index in [1.165, 1.54) is 71.9 Å². The van der Waals surface area contributed by atoms with Crippen molar-refractivity contribution in [3.05, 3.63) is 279 Å². The monoisotopic (exact) mass is 866 g/mol. The van der Waals surface area contributed by atoms with Crippen LogP contribution in [-0.2, 0) is 0 Å². The van der Waals surface area contributed by atoms with Gasteiger partial charge in [-0.05, 0) is 116 Å². The minimum atomic E-state index is 1.07. The first-order chi connectivity index (χ1) is 33.8. The zero-order chi connectivity index (χ0) is 45.2. The first-order valence-corrected chi connectivity index (χ1v) is 23.3. The van der Waals surface area contributed by atoms with Gasteiger partial charge >= 0.3 is 0 Å². The number of aromatic nitrogens is 1. The molecule has 1 aromatic heterocycles. The van der Waals surface area contributed by atoms with Crippen molar-refractivity contribution in [2.75, 3.05) is 4.90 Å². The summed E-state index contributed by atoms with van der Waals surface area (Å²) in [6.45, 7) is 0. The highest BCUT2D eigenvalue weighted by atomic mass is 15.1. The normalized spacial score (nSPS) is 11.2. The van der Waals surface area contributed by atoms with Crippen LogP contribution in [0.5, 0.6) is 0 Å². The molecule has 0 bridgehead atoms. The van der Waals surface area contributed by atoms with E-state index in [9.17, 15) is 0 Å². The molecule has 1 heterocycles. The topological polar surface area (TPSA) is 8.17 Å². The van der Waals surface area contributed by atoms with Crippen molar-refractivity contribution in [1.29, 1.82) is 0 Å². The van der Waals surface area contributed by atoms with Crippen LogP contribution in [0.4, 0.5) is 17.1 Å². The molecule has 0 aliphatic carbocycles. The minimum absolute atomic E-state index is 1.07. The Bertz CT molecular complexity index is 3710. The molecule has 0 unspecified atom stereocenters. The van der Waals surface area contributed by atoms with Gasteiger partial charge in [0.15, 0.2) is 0 Å². The van der Waals surface area contributed by atoms with Crippen molar-refractivity contribution in [2.45, 2.75) is 0 Å². The summed E-state index contributed by atoms with van der Waals surface area (Å²) in [5.41, 5.74) is 20.9. The Labute approximate surface area is 397 Å².